The lowest BCUT2D eigenvalue weighted by Crippen LogP contribution is -2.16. The maximum Gasteiger partial charge on any atom is 0.129 e. The lowest BCUT2D eigenvalue weighted by atomic mass is 9.87. The van der Waals surface area contributed by atoms with E-state index in [0.29, 0.717) is 32.5 Å². The summed E-state index contributed by atoms with van der Waals surface area (Å²) in [6.45, 7) is 108. The van der Waals surface area contributed by atoms with Crippen LogP contribution in [-0.4, -0.2) is 68.6 Å². The van der Waals surface area contributed by atoms with Crippen molar-refractivity contribution in [2.75, 3.05) is 19.6 Å². The van der Waals surface area contributed by atoms with Crippen LogP contribution in [0.5, 0.6) is 0 Å². The first-order valence-electron chi connectivity index (χ1n) is 51.0. The summed E-state index contributed by atoms with van der Waals surface area (Å²) < 4.78 is 19.3. The smallest absolute Gasteiger partial charge is 0.129 e. The number of aliphatic imine (C=N–C) groups is 5. The summed E-state index contributed by atoms with van der Waals surface area (Å²) in [4.78, 5) is 38.1. The molecule has 0 spiro atoms. The fraction of sp³-hybridized carbons (Fsp3) is 0.560. The monoisotopic (exact) mass is 2090 g/mol. The van der Waals surface area contributed by atoms with Gasteiger partial charge in [0.05, 0.1) is 54.7 Å². The molecule has 0 radical (unpaired) electrons. The number of thiazole rings is 2. The third-order valence-electron chi connectivity index (χ3n) is 20.9. The molecule has 4 aliphatic heterocycles. The van der Waals surface area contributed by atoms with Gasteiger partial charge in [-0.2, -0.15) is 15.7 Å². The minimum atomic E-state index is 0.132. The number of furan rings is 3. The molecular formula is C125H195N9O3S7. The Morgan fingerprint density at radius 1 is 0.285 bits per heavy atom. The maximum atomic E-state index is 5.20. The van der Waals surface area contributed by atoms with Crippen molar-refractivity contribution in [3.8, 4) is 0 Å². The first kappa shape index (κ1) is 134. The van der Waals surface area contributed by atoms with Gasteiger partial charge in [-0.05, 0) is 178 Å². The van der Waals surface area contributed by atoms with Crippen molar-refractivity contribution in [3.05, 3.63) is 290 Å². The van der Waals surface area contributed by atoms with Gasteiger partial charge in [0, 0.05) is 122 Å². The molecule has 10 aromatic heterocycles. The van der Waals surface area contributed by atoms with E-state index in [1.807, 2.05) is 99.9 Å². The van der Waals surface area contributed by atoms with Crippen LogP contribution in [0.1, 0.15) is 404 Å². The summed E-state index contributed by atoms with van der Waals surface area (Å²) in [7, 11) is 0. The van der Waals surface area contributed by atoms with Crippen LogP contribution in [0.25, 0.3) is 0 Å². The molecule has 800 valence electrons. The molecule has 0 aromatic carbocycles. The van der Waals surface area contributed by atoms with Crippen LogP contribution in [-0.2, 0) is 54.1 Å². The molecule has 144 heavy (non-hydrogen) atoms. The highest BCUT2D eigenvalue weighted by Gasteiger charge is 2.26. The zero-order valence-electron chi connectivity index (χ0n) is 98.9. The molecule has 2 aliphatic carbocycles. The van der Waals surface area contributed by atoms with Gasteiger partial charge >= 0.3 is 0 Å². The van der Waals surface area contributed by atoms with Gasteiger partial charge in [-0.15, -0.1) is 56.7 Å². The van der Waals surface area contributed by atoms with Gasteiger partial charge in [-0.3, -0.25) is 20.0 Å². The average molecular weight is 2100 g/mol. The van der Waals surface area contributed by atoms with Crippen LogP contribution in [0.3, 0.4) is 0 Å². The molecule has 6 aliphatic rings. The van der Waals surface area contributed by atoms with Crippen molar-refractivity contribution in [2.24, 2.45) is 57.5 Å². The molecular weight excluding hydrogens is 1900 g/mol. The Morgan fingerprint density at radius 2 is 0.688 bits per heavy atom. The number of allylic oxidation sites excluding steroid dienone is 12. The zero-order valence-corrected chi connectivity index (χ0v) is 105. The van der Waals surface area contributed by atoms with E-state index in [9.17, 15) is 0 Å². The van der Waals surface area contributed by atoms with E-state index in [1.165, 1.54) is 75.6 Å². The van der Waals surface area contributed by atoms with E-state index in [0.717, 1.165) is 61.3 Å². The Hall–Kier alpha value is -8.01. The topological polar surface area (TPSA) is 153 Å². The molecule has 16 rings (SSSR count). The van der Waals surface area contributed by atoms with Gasteiger partial charge in [0.15, 0.2) is 0 Å². The molecule has 0 unspecified atom stereocenters. The van der Waals surface area contributed by atoms with Crippen molar-refractivity contribution < 1.29 is 13.3 Å². The van der Waals surface area contributed by atoms with E-state index in [2.05, 4.69) is 513 Å². The third-order valence-corrected chi connectivity index (χ3v) is 29.0. The SMILES string of the molecule is CC(C)(C)C1=CCC=C1.CC(C)(C)C1=CCC=C1.CC(C)(C)C1=CCC=N1.CC(C)(C)C1=NCC=C1.CC(C)(C)C1=NCC=C1.CC(C)(C)C1=NCC=N1.CC(C)(C)c1ccco1.CC(C)(C)c1ccco1.CC(C)(C)c1cccs1.CC(C)(C)c1cccs1.CC(C)(C)c1cccs1.CC(C)(C)c1ccoc1.CC(C)(C)c1ccsc1.CC(C)(C)c1nccs1.CC(C)(C)c1nccs1.CC(C)(C)c1ncns1. The molecule has 0 bridgehead atoms. The van der Waals surface area contributed by atoms with E-state index in [4.69, 9.17) is 13.3 Å². The van der Waals surface area contributed by atoms with Gasteiger partial charge in [-0.1, -0.05) is 405 Å². The van der Waals surface area contributed by atoms with Gasteiger partial charge < -0.3 is 13.3 Å². The number of hydrogen-bond donors (Lipinski definition) is 0. The standard InChI is InChI=1S/2C9H14.3C8H13N.3C8H12O.4C8H12S.C7H12N2.2C7H11NS.C6H10N2S/c2*1-9(2,3)8-6-4-5-7-8;3*1-8(2,3)7-5-4-6-9-7;1-8(2,3)7-4-5-9-6-7;2*1-8(2,3)7-5-4-6-9-7;1-8(2,3)7-4-5-9-6-7;3*1-8(2,3)7-5-4-6-9-7;3*1-7(2,3)6-8-4-5-9-6;1-6(2,3)5-7-4-8-9-5/h2*4,6-7H,5H2,1-3H3;5-6H,4H2,1-3H3;2*4-5H,6H2,1-3H3;7*4-6H,1-3H3;4H,5H2,1-3H3;2*4-5H,1-3H3;4H,1-3H3. The normalized spacial score (nSPS) is 14.3. The van der Waals surface area contributed by atoms with Crippen LogP contribution in [0.4, 0.5) is 0 Å². The maximum absolute atomic E-state index is 5.20. The van der Waals surface area contributed by atoms with E-state index in [-0.39, 0.29) is 54.1 Å². The Kier molecular flexibility index (Phi) is 56.4. The second kappa shape index (κ2) is 60.6. The zero-order chi connectivity index (χ0) is 110. The van der Waals surface area contributed by atoms with Gasteiger partial charge in [0.2, 0.25) is 0 Å². The van der Waals surface area contributed by atoms with Crippen LogP contribution >= 0.6 is 79.6 Å². The Bertz CT molecular complexity index is 4340. The highest BCUT2D eigenvalue weighted by molar-refractivity contribution is 7.11. The number of nitrogens with zero attached hydrogens (tertiary/aromatic N) is 9. The molecule has 0 amide bonds. The lowest BCUT2D eigenvalue weighted by molar-refractivity contribution is 0.409. The lowest BCUT2D eigenvalue weighted by Gasteiger charge is -2.18. The van der Waals surface area contributed by atoms with Crippen molar-refractivity contribution in [1.82, 2.24) is 19.3 Å². The fourth-order valence-corrected chi connectivity index (χ4v) is 17.3. The summed E-state index contributed by atoms with van der Waals surface area (Å²) in [6.07, 6.45) is 43.4. The van der Waals surface area contributed by atoms with Gasteiger partial charge in [-0.25, -0.2) is 19.9 Å². The Morgan fingerprint density at radius 3 is 0.826 bits per heavy atom. The quantitative estimate of drug-likeness (QED) is 0.146. The predicted octanol–water partition coefficient (Wildman–Crippen LogP) is 40.5. The van der Waals surface area contributed by atoms with Gasteiger partial charge in [0.1, 0.15) is 28.7 Å². The number of aromatic nitrogens is 4. The molecule has 12 nitrogen and oxygen atoms in total. The average Bonchev–Trinajstić information content (AvgIpc) is 1.86. The highest BCUT2D eigenvalue weighted by Crippen LogP contribution is 2.36. The molecule has 0 fully saturated rings. The van der Waals surface area contributed by atoms with E-state index >= 15 is 0 Å². The Labute approximate surface area is 907 Å². The van der Waals surface area contributed by atoms with Crippen molar-refractivity contribution in [3.63, 3.8) is 0 Å². The molecule has 0 saturated heterocycles. The van der Waals surface area contributed by atoms with Crippen LogP contribution < -0.4 is 0 Å². The number of rotatable bonds is 0. The van der Waals surface area contributed by atoms with Gasteiger partial charge in [0.25, 0.3) is 0 Å². The van der Waals surface area contributed by atoms with E-state index in [1.54, 1.807) is 65.4 Å². The predicted molar refractivity (Wildman–Crippen MR) is 650 cm³/mol. The van der Waals surface area contributed by atoms with Crippen molar-refractivity contribution >= 4 is 109 Å². The van der Waals surface area contributed by atoms with Crippen LogP contribution in [0, 0.1) is 32.5 Å². The van der Waals surface area contributed by atoms with Crippen LogP contribution in [0.2, 0.25) is 0 Å². The highest BCUT2D eigenvalue weighted by atomic mass is 32.1. The fourth-order valence-electron chi connectivity index (χ4n) is 11.9. The Balaban J connectivity index is 0.000000768. The molecule has 0 saturated carbocycles. The number of thiophene rings is 4. The molecule has 19 heteroatoms. The largest absolute Gasteiger partial charge is 0.472 e. The first-order chi connectivity index (χ1) is 65.7. The molecule has 0 atom stereocenters. The molecule has 0 N–H and O–H groups in total. The molecule has 10 aromatic rings. The summed E-state index contributed by atoms with van der Waals surface area (Å²) in [5.41, 5.74) is 13.4. The van der Waals surface area contributed by atoms with Crippen LogP contribution in [0.15, 0.2) is 276 Å². The minimum Gasteiger partial charge on any atom is -0.472 e. The summed E-state index contributed by atoms with van der Waals surface area (Å²) in [5, 5.41) is 18.3. The van der Waals surface area contributed by atoms with Crippen molar-refractivity contribution in [2.45, 2.75) is 406 Å². The summed E-state index contributed by atoms with van der Waals surface area (Å²) in [6, 6.07) is 24.9. The van der Waals surface area contributed by atoms with Crippen molar-refractivity contribution in [1.29, 1.82) is 0 Å². The second-order valence-corrected chi connectivity index (χ2v) is 58.5. The van der Waals surface area contributed by atoms with E-state index < -0.39 is 0 Å². The minimum absolute atomic E-state index is 0.132. The third kappa shape index (κ3) is 59.3. The number of hydrogen-bond acceptors (Lipinski definition) is 19. The number of amidine groups is 1. The first-order valence-corrected chi connectivity index (χ1v) is 57.1. The second-order valence-electron chi connectivity index (χ2n) is 52.3. The summed E-state index contributed by atoms with van der Waals surface area (Å²) in [5.74, 6) is 3.06. The summed E-state index contributed by atoms with van der Waals surface area (Å²) >= 11 is 12.2. The molecule has 14 heterocycles.